The lowest BCUT2D eigenvalue weighted by Crippen LogP contribution is -2.34. The lowest BCUT2D eigenvalue weighted by Gasteiger charge is -2.23. The maximum atomic E-state index is 12.7. The molecule has 1 unspecified atom stereocenters. The number of hydrogen-bond acceptors (Lipinski definition) is 3. The Morgan fingerprint density at radius 2 is 1.52 bits per heavy atom. The molecule has 3 aromatic rings. The van der Waals surface area contributed by atoms with Gasteiger partial charge in [0.25, 0.3) is 0 Å². The molecule has 0 saturated carbocycles. The van der Waals surface area contributed by atoms with Gasteiger partial charge in [-0.25, -0.2) is 13.1 Å². The third-order valence-corrected chi connectivity index (χ3v) is 7.97. The predicted molar refractivity (Wildman–Crippen MR) is 133 cm³/mol. The Hall–Kier alpha value is -2.70. The zero-order chi connectivity index (χ0) is 23.1. The molecule has 0 aliphatic heterocycles. The highest BCUT2D eigenvalue weighted by Crippen LogP contribution is 2.25. The maximum absolute atomic E-state index is 12.7. The quantitative estimate of drug-likeness (QED) is 0.431. The minimum absolute atomic E-state index is 0.0726. The van der Waals surface area contributed by atoms with Gasteiger partial charge in [-0.3, -0.25) is 4.79 Å². The van der Waals surface area contributed by atoms with Crippen LogP contribution < -0.4 is 10.0 Å². The Kier molecular flexibility index (Phi) is 7.78. The molecule has 0 saturated heterocycles. The molecule has 1 atom stereocenters. The van der Waals surface area contributed by atoms with Crippen LogP contribution in [0.25, 0.3) is 10.8 Å². The van der Waals surface area contributed by atoms with E-state index < -0.39 is 10.0 Å². The molecule has 33 heavy (non-hydrogen) atoms. The van der Waals surface area contributed by atoms with Gasteiger partial charge >= 0.3 is 0 Å². The first-order valence-corrected chi connectivity index (χ1v) is 13.3. The highest BCUT2D eigenvalue weighted by atomic mass is 32.2. The number of unbranched alkanes of at least 4 members (excludes halogenated alkanes) is 3. The minimum atomic E-state index is -3.54. The third-order valence-electron chi connectivity index (χ3n) is 6.45. The average molecular weight is 465 g/mol. The number of sulfonamides is 1. The molecule has 0 bridgehead atoms. The molecule has 3 aromatic carbocycles. The van der Waals surface area contributed by atoms with Gasteiger partial charge in [-0.1, -0.05) is 73.5 Å². The second-order valence-electron chi connectivity index (χ2n) is 8.79. The molecule has 0 heterocycles. The van der Waals surface area contributed by atoms with Gasteiger partial charge in [0.05, 0.1) is 4.90 Å². The molecule has 1 aliphatic carbocycles. The van der Waals surface area contributed by atoms with Crippen LogP contribution in [0, 0.1) is 5.92 Å². The Balaban J connectivity index is 1.13. The Labute approximate surface area is 196 Å². The van der Waals surface area contributed by atoms with Crippen molar-refractivity contribution in [2.75, 3.05) is 13.1 Å². The van der Waals surface area contributed by atoms with Crippen LogP contribution >= 0.6 is 0 Å². The number of aryl methyl sites for hydroxylation is 1. The Morgan fingerprint density at radius 1 is 0.818 bits per heavy atom. The first kappa shape index (κ1) is 23.5. The minimum Gasteiger partial charge on any atom is -0.356 e. The van der Waals surface area contributed by atoms with Crippen LogP contribution in [-0.4, -0.2) is 27.4 Å². The van der Waals surface area contributed by atoms with Crippen molar-refractivity contribution in [1.82, 2.24) is 10.0 Å². The molecule has 5 nitrogen and oxygen atoms in total. The van der Waals surface area contributed by atoms with E-state index in [1.165, 1.54) is 11.1 Å². The van der Waals surface area contributed by atoms with E-state index in [4.69, 9.17) is 0 Å². The number of benzene rings is 3. The van der Waals surface area contributed by atoms with Crippen LogP contribution in [0.5, 0.6) is 0 Å². The van der Waals surface area contributed by atoms with E-state index in [0.29, 0.717) is 18.0 Å². The van der Waals surface area contributed by atoms with E-state index in [0.717, 1.165) is 55.7 Å². The number of hydrogen-bond donors (Lipinski definition) is 2. The van der Waals surface area contributed by atoms with Crippen LogP contribution in [0.15, 0.2) is 71.6 Å². The van der Waals surface area contributed by atoms with E-state index in [-0.39, 0.29) is 11.8 Å². The second-order valence-corrected chi connectivity index (χ2v) is 10.5. The fourth-order valence-electron chi connectivity index (χ4n) is 4.60. The Bertz CT molecular complexity index is 1200. The van der Waals surface area contributed by atoms with Crippen molar-refractivity contribution in [2.45, 2.75) is 49.8 Å². The number of rotatable bonds is 10. The largest absolute Gasteiger partial charge is 0.356 e. The summed E-state index contributed by atoms with van der Waals surface area (Å²) in [6.45, 7) is 1.10. The monoisotopic (exact) mass is 464 g/mol. The van der Waals surface area contributed by atoms with E-state index in [1.54, 1.807) is 12.1 Å². The van der Waals surface area contributed by atoms with Crippen molar-refractivity contribution in [3.8, 4) is 0 Å². The van der Waals surface area contributed by atoms with Gasteiger partial charge in [-0.15, -0.1) is 0 Å². The molecule has 2 N–H and O–H groups in total. The van der Waals surface area contributed by atoms with Crippen molar-refractivity contribution in [3.05, 3.63) is 77.9 Å². The second kappa shape index (κ2) is 10.9. The van der Waals surface area contributed by atoms with Gasteiger partial charge in [0.1, 0.15) is 0 Å². The predicted octanol–water partition coefficient (Wildman–Crippen LogP) is 4.60. The van der Waals surface area contributed by atoms with Gasteiger partial charge in [0, 0.05) is 24.4 Å². The summed E-state index contributed by atoms with van der Waals surface area (Å²) in [5.74, 6) is 0.232. The van der Waals surface area contributed by atoms with E-state index in [1.807, 2.05) is 36.4 Å². The lowest BCUT2D eigenvalue weighted by atomic mass is 9.83. The SMILES string of the molecule is O=C(NCCCCCCNS(=O)(=O)c1cccc2ccccc12)C1CCc2ccccc2C1. The fraction of sp³-hybridized carbons (Fsp3) is 0.370. The number of fused-ring (bicyclic) bond motifs is 2. The summed E-state index contributed by atoms with van der Waals surface area (Å²) in [7, 11) is -3.54. The van der Waals surface area contributed by atoms with Crippen LogP contribution in [0.2, 0.25) is 0 Å². The molecule has 0 aromatic heterocycles. The molecule has 0 radical (unpaired) electrons. The normalized spacial score (nSPS) is 15.8. The molecular weight excluding hydrogens is 432 g/mol. The summed E-state index contributed by atoms with van der Waals surface area (Å²) in [4.78, 5) is 12.8. The van der Waals surface area contributed by atoms with Gasteiger partial charge in [0.2, 0.25) is 15.9 Å². The molecule has 4 rings (SSSR count). The highest BCUT2D eigenvalue weighted by Gasteiger charge is 2.24. The summed E-state index contributed by atoms with van der Waals surface area (Å²) in [5, 5.41) is 4.74. The maximum Gasteiger partial charge on any atom is 0.241 e. The number of carbonyl (C=O) groups is 1. The number of carbonyl (C=O) groups excluding carboxylic acids is 1. The van der Waals surface area contributed by atoms with Gasteiger partial charge < -0.3 is 5.32 Å². The van der Waals surface area contributed by atoms with E-state index >= 15 is 0 Å². The van der Waals surface area contributed by atoms with Crippen LogP contribution in [-0.2, 0) is 27.7 Å². The zero-order valence-corrected chi connectivity index (χ0v) is 19.7. The topological polar surface area (TPSA) is 75.3 Å². The Morgan fingerprint density at radius 3 is 2.36 bits per heavy atom. The standard InChI is InChI=1S/C27H32N2O3S/c30-27(24-17-16-21-10-3-4-12-23(21)20-24)28-18-7-1-2-8-19-29-33(31,32)26-15-9-13-22-11-5-6-14-25(22)26/h3-6,9-15,24,29H,1-2,7-8,16-20H2,(H,28,30). The number of amides is 1. The summed E-state index contributed by atoms with van der Waals surface area (Å²) in [5.41, 5.74) is 2.67. The van der Waals surface area contributed by atoms with Crippen LogP contribution in [0.4, 0.5) is 0 Å². The third kappa shape index (κ3) is 6.01. The molecule has 174 valence electrons. The van der Waals surface area contributed by atoms with Gasteiger partial charge in [-0.2, -0.15) is 0 Å². The van der Waals surface area contributed by atoms with Crippen molar-refractivity contribution in [2.24, 2.45) is 5.92 Å². The summed E-state index contributed by atoms with van der Waals surface area (Å²) in [6.07, 6.45) is 6.29. The van der Waals surface area contributed by atoms with Crippen LogP contribution in [0.1, 0.15) is 43.2 Å². The molecule has 1 aliphatic rings. The number of nitrogens with one attached hydrogen (secondary N) is 2. The summed E-state index contributed by atoms with van der Waals surface area (Å²) < 4.78 is 28.2. The van der Waals surface area contributed by atoms with Crippen molar-refractivity contribution < 1.29 is 13.2 Å². The van der Waals surface area contributed by atoms with Crippen molar-refractivity contribution >= 4 is 26.7 Å². The zero-order valence-electron chi connectivity index (χ0n) is 18.9. The summed E-state index contributed by atoms with van der Waals surface area (Å²) in [6, 6.07) is 21.3. The van der Waals surface area contributed by atoms with E-state index in [9.17, 15) is 13.2 Å². The first-order valence-electron chi connectivity index (χ1n) is 11.9. The molecule has 0 spiro atoms. The molecular formula is C27H32N2O3S. The highest BCUT2D eigenvalue weighted by molar-refractivity contribution is 7.89. The van der Waals surface area contributed by atoms with Gasteiger partial charge in [0.15, 0.2) is 0 Å². The van der Waals surface area contributed by atoms with Crippen molar-refractivity contribution in [1.29, 1.82) is 0 Å². The lowest BCUT2D eigenvalue weighted by molar-refractivity contribution is -0.125. The average Bonchev–Trinajstić information content (AvgIpc) is 2.84. The first-order chi connectivity index (χ1) is 16.0. The van der Waals surface area contributed by atoms with E-state index in [2.05, 4.69) is 28.2 Å². The molecule has 6 heteroatoms. The van der Waals surface area contributed by atoms with Crippen molar-refractivity contribution in [3.63, 3.8) is 0 Å². The fourth-order valence-corrected chi connectivity index (χ4v) is 5.90. The molecule has 0 fully saturated rings. The summed E-state index contributed by atoms with van der Waals surface area (Å²) >= 11 is 0. The van der Waals surface area contributed by atoms with Gasteiger partial charge in [-0.05, 0) is 54.7 Å². The smallest absolute Gasteiger partial charge is 0.241 e. The molecule has 1 amide bonds. The van der Waals surface area contributed by atoms with Crippen LogP contribution in [0.3, 0.4) is 0 Å².